The number of ether oxygens (including phenoxy) is 3. The number of aryl methyl sites for hydroxylation is 1. The smallest absolute Gasteiger partial charge is 0.243 e. The third kappa shape index (κ3) is 2.76. The molecule has 7 nitrogen and oxygen atoms in total. The molecular formula is C17H14ClN3O4. The molecule has 0 fully saturated rings. The zero-order valence-electron chi connectivity index (χ0n) is 13.5. The molecule has 2 aliphatic heterocycles. The Balaban J connectivity index is 1.71. The number of rotatable bonds is 2. The minimum Gasteiger partial charge on any atom is -0.454 e. The molecule has 8 heteroatoms. The van der Waals surface area contributed by atoms with Crippen LogP contribution in [-0.2, 0) is 9.53 Å². The predicted octanol–water partition coefficient (Wildman–Crippen LogP) is 3.01. The average molecular weight is 360 g/mol. The Morgan fingerprint density at radius 1 is 1.28 bits per heavy atom. The lowest BCUT2D eigenvalue weighted by Gasteiger charge is -2.20. The number of halogens is 1. The highest BCUT2D eigenvalue weighted by Gasteiger charge is 2.35. The van der Waals surface area contributed by atoms with Gasteiger partial charge in [-0.15, -0.1) is 5.10 Å². The molecule has 4 rings (SSSR count). The van der Waals surface area contributed by atoms with Gasteiger partial charge in [0.15, 0.2) is 11.5 Å². The van der Waals surface area contributed by atoms with Gasteiger partial charge >= 0.3 is 0 Å². The average Bonchev–Trinajstić information content (AvgIpc) is 3.21. The number of carbonyl (C=O) groups is 1. The minimum atomic E-state index is -0.782. The van der Waals surface area contributed by atoms with Crippen molar-refractivity contribution in [3.63, 3.8) is 0 Å². The van der Waals surface area contributed by atoms with Crippen molar-refractivity contribution in [2.45, 2.75) is 20.1 Å². The normalized spacial score (nSPS) is 18.1. The molecule has 3 heterocycles. The van der Waals surface area contributed by atoms with E-state index in [1.807, 2.05) is 19.1 Å². The van der Waals surface area contributed by atoms with Crippen LogP contribution in [0.5, 0.6) is 11.5 Å². The fraction of sp³-hybridized carbons (Fsp3) is 0.235. The van der Waals surface area contributed by atoms with Gasteiger partial charge in [0.2, 0.25) is 24.8 Å². The Morgan fingerprint density at radius 2 is 2.04 bits per heavy atom. The Labute approximate surface area is 148 Å². The summed E-state index contributed by atoms with van der Waals surface area (Å²) in [5.74, 6) is 1.15. The number of hydrogen-bond acceptors (Lipinski definition) is 6. The standard InChI is InChI=1S/C17H14ClN3O4/c1-9-3-4-11(7-19-9)16-20-21(10(2)22)17(25-16)12-5-14-15(6-13(12)18)24-8-23-14/h3-7,17H,8H2,1-2H3/t17-/m0/s1. The van der Waals surface area contributed by atoms with E-state index in [0.29, 0.717) is 33.5 Å². The summed E-state index contributed by atoms with van der Waals surface area (Å²) in [6.07, 6.45) is 0.867. The molecule has 1 atom stereocenters. The van der Waals surface area contributed by atoms with Crippen LogP contribution in [0.15, 0.2) is 35.6 Å². The summed E-state index contributed by atoms with van der Waals surface area (Å²) in [6, 6.07) is 7.03. The molecule has 2 aliphatic rings. The van der Waals surface area contributed by atoms with Crippen molar-refractivity contribution >= 4 is 23.4 Å². The highest BCUT2D eigenvalue weighted by atomic mass is 35.5. The number of benzene rings is 1. The molecule has 0 radical (unpaired) electrons. The Hall–Kier alpha value is -2.80. The van der Waals surface area contributed by atoms with Gasteiger partial charge in [-0.2, -0.15) is 5.01 Å². The zero-order valence-corrected chi connectivity index (χ0v) is 14.3. The van der Waals surface area contributed by atoms with Crippen LogP contribution in [0.3, 0.4) is 0 Å². The van der Waals surface area contributed by atoms with Gasteiger partial charge in [0.1, 0.15) is 0 Å². The molecule has 2 aromatic rings. The second kappa shape index (κ2) is 5.93. The summed E-state index contributed by atoms with van der Waals surface area (Å²) in [5, 5.41) is 5.94. The second-order valence-electron chi connectivity index (χ2n) is 5.65. The first kappa shape index (κ1) is 15.7. The molecule has 1 aromatic heterocycles. The molecule has 1 amide bonds. The summed E-state index contributed by atoms with van der Waals surface area (Å²) in [4.78, 5) is 16.3. The van der Waals surface area contributed by atoms with E-state index in [2.05, 4.69) is 10.1 Å². The summed E-state index contributed by atoms with van der Waals surface area (Å²) in [7, 11) is 0. The number of fused-ring (bicyclic) bond motifs is 1. The van der Waals surface area contributed by atoms with E-state index in [-0.39, 0.29) is 12.7 Å². The van der Waals surface area contributed by atoms with Crippen molar-refractivity contribution in [2.24, 2.45) is 5.10 Å². The number of amides is 1. The summed E-state index contributed by atoms with van der Waals surface area (Å²) < 4.78 is 16.6. The predicted molar refractivity (Wildman–Crippen MR) is 89.4 cm³/mol. The Bertz CT molecular complexity index is 882. The third-order valence-corrected chi connectivity index (χ3v) is 4.21. The van der Waals surface area contributed by atoms with Crippen LogP contribution >= 0.6 is 11.6 Å². The number of hydrogen-bond donors (Lipinski definition) is 0. The van der Waals surface area contributed by atoms with Crippen LogP contribution in [0, 0.1) is 6.92 Å². The van der Waals surface area contributed by atoms with Gasteiger partial charge in [-0.05, 0) is 25.1 Å². The van der Waals surface area contributed by atoms with Crippen molar-refractivity contribution in [3.05, 3.63) is 52.3 Å². The van der Waals surface area contributed by atoms with Crippen molar-refractivity contribution in [3.8, 4) is 11.5 Å². The second-order valence-corrected chi connectivity index (χ2v) is 6.06. The van der Waals surface area contributed by atoms with E-state index in [0.717, 1.165) is 5.69 Å². The molecule has 1 aromatic carbocycles. The van der Waals surface area contributed by atoms with Crippen LogP contribution in [0.4, 0.5) is 0 Å². The summed E-state index contributed by atoms with van der Waals surface area (Å²) in [5.41, 5.74) is 2.12. The SMILES string of the molecule is CC(=O)N1N=C(c2ccc(C)nc2)O[C@H]1c1cc2c(cc1Cl)OCO2. The minimum absolute atomic E-state index is 0.133. The first-order valence-electron chi connectivity index (χ1n) is 7.60. The van der Waals surface area contributed by atoms with E-state index in [1.54, 1.807) is 18.3 Å². The van der Waals surface area contributed by atoms with Crippen LogP contribution in [0.2, 0.25) is 5.02 Å². The maximum absolute atomic E-state index is 12.0. The van der Waals surface area contributed by atoms with Crippen molar-refractivity contribution in [1.82, 2.24) is 9.99 Å². The van der Waals surface area contributed by atoms with Crippen LogP contribution in [0.1, 0.15) is 30.0 Å². The number of hydrazone groups is 1. The number of nitrogens with zero attached hydrogens (tertiary/aromatic N) is 3. The Kier molecular flexibility index (Phi) is 3.73. The van der Waals surface area contributed by atoms with E-state index >= 15 is 0 Å². The lowest BCUT2D eigenvalue weighted by Crippen LogP contribution is -2.25. The zero-order chi connectivity index (χ0) is 17.6. The van der Waals surface area contributed by atoms with E-state index < -0.39 is 6.23 Å². The monoisotopic (exact) mass is 359 g/mol. The molecule has 128 valence electrons. The third-order valence-electron chi connectivity index (χ3n) is 3.88. The largest absolute Gasteiger partial charge is 0.454 e. The molecule has 0 spiro atoms. The molecule has 0 unspecified atom stereocenters. The molecule has 25 heavy (non-hydrogen) atoms. The van der Waals surface area contributed by atoms with Crippen LogP contribution < -0.4 is 9.47 Å². The summed E-state index contributed by atoms with van der Waals surface area (Å²) in [6.45, 7) is 3.43. The fourth-order valence-corrected chi connectivity index (χ4v) is 2.85. The fourth-order valence-electron chi connectivity index (χ4n) is 2.60. The maximum Gasteiger partial charge on any atom is 0.243 e. The van der Waals surface area contributed by atoms with Gasteiger partial charge < -0.3 is 14.2 Å². The van der Waals surface area contributed by atoms with E-state index in [1.165, 1.54) is 11.9 Å². The molecule has 0 saturated carbocycles. The van der Waals surface area contributed by atoms with Gasteiger partial charge in [0.25, 0.3) is 0 Å². The van der Waals surface area contributed by atoms with Gasteiger partial charge in [-0.3, -0.25) is 9.78 Å². The maximum atomic E-state index is 12.0. The molecule has 0 bridgehead atoms. The number of carbonyl (C=O) groups excluding carboxylic acids is 1. The van der Waals surface area contributed by atoms with Crippen molar-refractivity contribution in [2.75, 3.05) is 6.79 Å². The highest BCUT2D eigenvalue weighted by Crippen LogP contribution is 2.42. The number of aromatic nitrogens is 1. The van der Waals surface area contributed by atoms with Crippen LogP contribution in [0.25, 0.3) is 0 Å². The molecular weight excluding hydrogens is 346 g/mol. The highest BCUT2D eigenvalue weighted by molar-refractivity contribution is 6.31. The van der Waals surface area contributed by atoms with Crippen molar-refractivity contribution in [1.29, 1.82) is 0 Å². The first-order valence-corrected chi connectivity index (χ1v) is 7.98. The van der Waals surface area contributed by atoms with Gasteiger partial charge in [0, 0.05) is 30.4 Å². The molecule has 0 aliphatic carbocycles. The van der Waals surface area contributed by atoms with Gasteiger partial charge in [-0.25, -0.2) is 0 Å². The van der Waals surface area contributed by atoms with E-state index in [9.17, 15) is 4.79 Å². The lowest BCUT2D eigenvalue weighted by molar-refractivity contribution is -0.135. The quantitative estimate of drug-likeness (QED) is 0.824. The summed E-state index contributed by atoms with van der Waals surface area (Å²) >= 11 is 6.36. The van der Waals surface area contributed by atoms with Gasteiger partial charge in [-0.1, -0.05) is 11.6 Å². The van der Waals surface area contributed by atoms with E-state index in [4.69, 9.17) is 25.8 Å². The number of pyridine rings is 1. The van der Waals surface area contributed by atoms with Crippen molar-refractivity contribution < 1.29 is 19.0 Å². The Morgan fingerprint density at radius 3 is 2.72 bits per heavy atom. The molecule has 0 N–H and O–H groups in total. The van der Waals surface area contributed by atoms with Crippen LogP contribution in [-0.4, -0.2) is 28.6 Å². The lowest BCUT2D eigenvalue weighted by atomic mass is 10.1. The van der Waals surface area contributed by atoms with Gasteiger partial charge in [0.05, 0.1) is 10.6 Å². The molecule has 0 saturated heterocycles. The topological polar surface area (TPSA) is 73.3 Å². The first-order chi connectivity index (χ1) is 12.0.